The van der Waals surface area contributed by atoms with Crippen molar-refractivity contribution in [2.24, 2.45) is 5.92 Å². The Hall–Kier alpha value is -0.0800. The minimum atomic E-state index is 0.255. The van der Waals surface area contributed by atoms with Crippen molar-refractivity contribution < 1.29 is 9.84 Å². The zero-order valence-electron chi connectivity index (χ0n) is 6.55. The molecule has 1 saturated heterocycles. The third-order valence-corrected chi connectivity index (χ3v) is 2.14. The van der Waals surface area contributed by atoms with Gasteiger partial charge in [0.05, 0.1) is 6.10 Å². The maximum Gasteiger partial charge on any atom is 0.0622 e. The predicted octanol–water partition coefficient (Wildman–Crippen LogP) is 1.18. The molecule has 0 aromatic heterocycles. The molecule has 1 fully saturated rings. The molecule has 1 rings (SSSR count). The molecule has 0 spiro atoms. The lowest BCUT2D eigenvalue weighted by molar-refractivity contribution is -0.0298. The Bertz CT molecular complexity index is 87.3. The van der Waals surface area contributed by atoms with Crippen LogP contribution in [0.15, 0.2) is 0 Å². The molecule has 0 aromatic carbocycles. The molecule has 0 bridgehead atoms. The minimum Gasteiger partial charge on any atom is -0.396 e. The second-order valence-electron chi connectivity index (χ2n) is 3.06. The smallest absolute Gasteiger partial charge is 0.0622 e. The van der Waals surface area contributed by atoms with Crippen molar-refractivity contribution in [1.29, 1.82) is 0 Å². The Morgan fingerprint density at radius 2 is 2.40 bits per heavy atom. The zero-order valence-corrected chi connectivity index (χ0v) is 6.55. The minimum absolute atomic E-state index is 0.255. The third-order valence-electron chi connectivity index (χ3n) is 2.14. The number of ether oxygens (including phenoxy) is 1. The number of hydrogen-bond acceptors (Lipinski definition) is 2. The van der Waals surface area contributed by atoms with E-state index in [1.807, 2.05) is 6.92 Å². The van der Waals surface area contributed by atoms with Crippen LogP contribution in [-0.4, -0.2) is 24.4 Å². The first-order valence-corrected chi connectivity index (χ1v) is 4.07. The molecule has 60 valence electrons. The molecular formula is C8H16O2. The molecular weight excluding hydrogens is 128 g/mol. The van der Waals surface area contributed by atoms with Crippen molar-refractivity contribution in [3.63, 3.8) is 0 Å². The highest BCUT2D eigenvalue weighted by Crippen LogP contribution is 2.19. The van der Waals surface area contributed by atoms with E-state index in [1.165, 1.54) is 12.8 Å². The van der Waals surface area contributed by atoms with E-state index in [-0.39, 0.29) is 6.61 Å². The first-order chi connectivity index (χ1) is 4.84. The van der Waals surface area contributed by atoms with Gasteiger partial charge >= 0.3 is 0 Å². The van der Waals surface area contributed by atoms with Crippen LogP contribution in [0.1, 0.15) is 26.2 Å². The van der Waals surface area contributed by atoms with E-state index < -0.39 is 0 Å². The summed E-state index contributed by atoms with van der Waals surface area (Å²) in [4.78, 5) is 0. The Kier molecular flexibility index (Phi) is 3.16. The average Bonchev–Trinajstić information content (AvgIpc) is 2.05. The van der Waals surface area contributed by atoms with E-state index in [9.17, 15) is 0 Å². The van der Waals surface area contributed by atoms with Crippen LogP contribution in [0, 0.1) is 5.92 Å². The Morgan fingerprint density at radius 3 is 2.90 bits per heavy atom. The van der Waals surface area contributed by atoms with Crippen molar-refractivity contribution in [2.75, 3.05) is 13.2 Å². The summed E-state index contributed by atoms with van der Waals surface area (Å²) >= 11 is 0. The Balaban J connectivity index is 2.24. The van der Waals surface area contributed by atoms with Gasteiger partial charge < -0.3 is 9.84 Å². The molecule has 1 aliphatic rings. The molecule has 0 aromatic rings. The zero-order chi connectivity index (χ0) is 7.40. The summed E-state index contributed by atoms with van der Waals surface area (Å²) in [6.45, 7) is 3.18. The monoisotopic (exact) mass is 144 g/mol. The fourth-order valence-electron chi connectivity index (χ4n) is 1.33. The number of aliphatic hydroxyl groups is 1. The highest BCUT2D eigenvalue weighted by atomic mass is 16.5. The number of aliphatic hydroxyl groups excluding tert-OH is 1. The molecule has 2 heteroatoms. The molecule has 2 nitrogen and oxygen atoms in total. The van der Waals surface area contributed by atoms with Crippen molar-refractivity contribution in [1.82, 2.24) is 0 Å². The quantitative estimate of drug-likeness (QED) is 0.630. The molecule has 0 aliphatic carbocycles. The van der Waals surface area contributed by atoms with Crippen LogP contribution < -0.4 is 0 Å². The van der Waals surface area contributed by atoms with Gasteiger partial charge in [-0.2, -0.15) is 0 Å². The lowest BCUT2D eigenvalue weighted by atomic mass is 9.98. The number of hydrogen-bond donors (Lipinski definition) is 1. The number of rotatable bonds is 2. The van der Waals surface area contributed by atoms with Crippen molar-refractivity contribution in [2.45, 2.75) is 32.3 Å². The van der Waals surface area contributed by atoms with Gasteiger partial charge in [-0.1, -0.05) is 6.92 Å². The summed E-state index contributed by atoms with van der Waals surface area (Å²) in [7, 11) is 0. The molecule has 0 amide bonds. The Morgan fingerprint density at radius 1 is 1.60 bits per heavy atom. The summed E-state index contributed by atoms with van der Waals surface area (Å²) in [5.74, 6) is 0.320. The predicted molar refractivity (Wildman–Crippen MR) is 39.8 cm³/mol. The maximum atomic E-state index is 8.81. The molecule has 0 unspecified atom stereocenters. The van der Waals surface area contributed by atoms with Gasteiger partial charge in [0, 0.05) is 19.1 Å². The lowest BCUT2D eigenvalue weighted by Crippen LogP contribution is -2.28. The summed E-state index contributed by atoms with van der Waals surface area (Å²) in [6, 6.07) is 0. The van der Waals surface area contributed by atoms with Crippen LogP contribution in [-0.2, 0) is 4.74 Å². The normalized spacial score (nSPS) is 30.0. The third kappa shape index (κ3) is 1.96. The molecule has 0 saturated carbocycles. The topological polar surface area (TPSA) is 29.5 Å². The lowest BCUT2D eigenvalue weighted by Gasteiger charge is -2.26. The molecule has 0 radical (unpaired) electrons. The first-order valence-electron chi connectivity index (χ1n) is 4.07. The molecule has 1 aliphatic heterocycles. The second kappa shape index (κ2) is 3.94. The van der Waals surface area contributed by atoms with Gasteiger partial charge in [-0.15, -0.1) is 0 Å². The van der Waals surface area contributed by atoms with E-state index in [4.69, 9.17) is 9.84 Å². The van der Waals surface area contributed by atoms with Crippen molar-refractivity contribution in [3.05, 3.63) is 0 Å². The van der Waals surface area contributed by atoms with Gasteiger partial charge in [0.15, 0.2) is 0 Å². The van der Waals surface area contributed by atoms with Crippen LogP contribution in [0.4, 0.5) is 0 Å². The summed E-state index contributed by atoms with van der Waals surface area (Å²) < 4.78 is 5.47. The van der Waals surface area contributed by atoms with Gasteiger partial charge in [0.25, 0.3) is 0 Å². The fourth-order valence-corrected chi connectivity index (χ4v) is 1.33. The highest BCUT2D eigenvalue weighted by molar-refractivity contribution is 4.68. The van der Waals surface area contributed by atoms with E-state index in [0.717, 1.165) is 13.0 Å². The van der Waals surface area contributed by atoms with Crippen molar-refractivity contribution >= 4 is 0 Å². The largest absolute Gasteiger partial charge is 0.396 e. The van der Waals surface area contributed by atoms with Crippen LogP contribution >= 0.6 is 0 Å². The molecule has 10 heavy (non-hydrogen) atoms. The van der Waals surface area contributed by atoms with Gasteiger partial charge in [0.2, 0.25) is 0 Å². The molecule has 2 atom stereocenters. The fraction of sp³-hybridized carbons (Fsp3) is 1.00. The maximum absolute atomic E-state index is 8.81. The summed E-state index contributed by atoms with van der Waals surface area (Å²) in [6.07, 6.45) is 3.89. The highest BCUT2D eigenvalue weighted by Gasteiger charge is 2.19. The first kappa shape index (κ1) is 8.02. The SMILES string of the molecule is C[C@@H](CO)[C@@H]1CCCCO1. The standard InChI is InChI=1S/C8H16O2/c1-7(6-9)8-4-2-3-5-10-8/h7-9H,2-6H2,1H3/t7-,8-/m0/s1. The van der Waals surface area contributed by atoms with Crippen molar-refractivity contribution in [3.8, 4) is 0 Å². The van der Waals surface area contributed by atoms with Gasteiger partial charge in [-0.05, 0) is 19.3 Å². The van der Waals surface area contributed by atoms with E-state index in [2.05, 4.69) is 0 Å². The van der Waals surface area contributed by atoms with Gasteiger partial charge in [-0.3, -0.25) is 0 Å². The van der Waals surface area contributed by atoms with Crippen LogP contribution in [0.3, 0.4) is 0 Å². The molecule has 1 heterocycles. The van der Waals surface area contributed by atoms with E-state index in [0.29, 0.717) is 12.0 Å². The van der Waals surface area contributed by atoms with Gasteiger partial charge in [0.1, 0.15) is 0 Å². The summed E-state index contributed by atoms with van der Waals surface area (Å²) in [5.41, 5.74) is 0. The Labute approximate surface area is 62.2 Å². The summed E-state index contributed by atoms with van der Waals surface area (Å²) in [5, 5.41) is 8.81. The van der Waals surface area contributed by atoms with E-state index in [1.54, 1.807) is 0 Å². The second-order valence-corrected chi connectivity index (χ2v) is 3.06. The van der Waals surface area contributed by atoms with Gasteiger partial charge in [-0.25, -0.2) is 0 Å². The van der Waals surface area contributed by atoms with Crippen LogP contribution in [0.5, 0.6) is 0 Å². The van der Waals surface area contributed by atoms with Crippen LogP contribution in [0.2, 0.25) is 0 Å². The average molecular weight is 144 g/mol. The van der Waals surface area contributed by atoms with E-state index >= 15 is 0 Å². The molecule has 1 N–H and O–H groups in total. The van der Waals surface area contributed by atoms with Crippen LogP contribution in [0.25, 0.3) is 0 Å².